The zero-order chi connectivity index (χ0) is 44.6. The van der Waals surface area contributed by atoms with Crippen LogP contribution in [0.5, 0.6) is 0 Å². The number of benzene rings is 1. The van der Waals surface area contributed by atoms with Gasteiger partial charge in [0, 0.05) is 31.1 Å². The molecule has 7 rings (SSSR count). The second-order valence-electron chi connectivity index (χ2n) is 18.1. The Kier molecular flexibility index (Phi) is 11.1. The van der Waals surface area contributed by atoms with Gasteiger partial charge in [0.25, 0.3) is 0 Å². The van der Waals surface area contributed by atoms with Gasteiger partial charge in [-0.15, -0.1) is 0 Å². The lowest BCUT2D eigenvalue weighted by Crippen LogP contribution is -2.83. The van der Waals surface area contributed by atoms with Crippen molar-refractivity contribution in [1.82, 2.24) is 5.32 Å². The van der Waals surface area contributed by atoms with Crippen molar-refractivity contribution in [1.29, 1.82) is 0 Å². The fraction of sp³-hybridized carbons (Fsp3) is 0.591. The van der Waals surface area contributed by atoms with Crippen LogP contribution in [-0.2, 0) is 47.6 Å². The Morgan fingerprint density at radius 1 is 1.02 bits per heavy atom. The van der Waals surface area contributed by atoms with Crippen molar-refractivity contribution in [3.05, 3.63) is 71.2 Å². The first kappa shape index (κ1) is 44.0. The zero-order valence-electron chi connectivity index (χ0n) is 35.3. The summed E-state index contributed by atoms with van der Waals surface area (Å²) in [5.41, 5.74) is -8.25. The van der Waals surface area contributed by atoms with Crippen LogP contribution in [0.3, 0.4) is 0 Å². The lowest BCUT2D eigenvalue weighted by Gasteiger charge is -2.70. The Labute approximate surface area is 352 Å². The minimum absolute atomic E-state index is 0.00157. The SMILES string of the molecule is CCC(=O)O[C@H]1C[C@H]2OC[C@@]2(OC(C)=O)C2[C@H](OC(=O)c3ccccc3)C3(O)CC4[C@H](OC(=O)[C@H](O)[C@@H](NC(=O)OC(C)(C)C)c5ccco5)C(C)=C([C@@H](O)C(=O)[C@@]21C)C43C. The van der Waals surface area contributed by atoms with Crippen LogP contribution in [0.1, 0.15) is 96.8 Å². The molecule has 1 aromatic carbocycles. The number of fused-ring (bicyclic) bond motifs is 3. The number of alkyl carbamates (subject to hydrolysis) is 1. The number of hydrogen-bond donors (Lipinski definition) is 4. The summed E-state index contributed by atoms with van der Waals surface area (Å²) in [6.07, 6.45) is -9.57. The van der Waals surface area contributed by atoms with E-state index in [-0.39, 0.29) is 48.3 Å². The fourth-order valence-corrected chi connectivity index (χ4v) is 10.7. The molecule has 1 aromatic heterocycles. The molecule has 0 radical (unpaired) electrons. The summed E-state index contributed by atoms with van der Waals surface area (Å²) >= 11 is 0. The van der Waals surface area contributed by atoms with E-state index in [1.165, 1.54) is 51.3 Å². The van der Waals surface area contributed by atoms with E-state index in [2.05, 4.69) is 5.32 Å². The highest BCUT2D eigenvalue weighted by molar-refractivity contribution is 5.95. The van der Waals surface area contributed by atoms with Gasteiger partial charge in [0.2, 0.25) is 0 Å². The number of carbonyl (C=O) groups is 6. The lowest BCUT2D eigenvalue weighted by atomic mass is 9.40. The van der Waals surface area contributed by atoms with Crippen LogP contribution in [-0.4, -0.2) is 111 Å². The van der Waals surface area contributed by atoms with Gasteiger partial charge >= 0.3 is 30.0 Å². The minimum Gasteiger partial charge on any atom is -0.467 e. The second-order valence-corrected chi connectivity index (χ2v) is 18.1. The Morgan fingerprint density at radius 3 is 2.28 bits per heavy atom. The second kappa shape index (κ2) is 15.4. The molecule has 4 unspecified atom stereocenters. The topological polar surface area (TPSA) is 244 Å². The van der Waals surface area contributed by atoms with Crippen molar-refractivity contribution in [2.75, 3.05) is 6.61 Å². The van der Waals surface area contributed by atoms with Gasteiger partial charge < -0.3 is 53.5 Å². The number of esters is 4. The summed E-state index contributed by atoms with van der Waals surface area (Å²) in [7, 11) is 0. The van der Waals surface area contributed by atoms with Gasteiger partial charge in [0.05, 0.1) is 29.8 Å². The Hall–Kier alpha value is -5.10. The molecule has 13 atom stereocenters. The van der Waals surface area contributed by atoms with Gasteiger partial charge in [-0.2, -0.15) is 0 Å². The molecule has 1 saturated heterocycles. The van der Waals surface area contributed by atoms with Crippen LogP contribution in [0.25, 0.3) is 0 Å². The number of ether oxygens (including phenoxy) is 6. The van der Waals surface area contributed by atoms with Gasteiger partial charge in [0.15, 0.2) is 17.5 Å². The van der Waals surface area contributed by atoms with Crippen molar-refractivity contribution in [3.63, 3.8) is 0 Å². The first-order chi connectivity index (χ1) is 28.5. The quantitative estimate of drug-likeness (QED) is 0.152. The highest BCUT2D eigenvalue weighted by atomic mass is 16.6. The fourth-order valence-electron chi connectivity index (χ4n) is 10.7. The molecule has 17 heteroatoms. The Balaban J connectivity index is 1.34. The molecular formula is C44H53NO16. The maximum atomic E-state index is 15.4. The van der Waals surface area contributed by atoms with Crippen LogP contribution in [0.4, 0.5) is 4.79 Å². The largest absolute Gasteiger partial charge is 0.467 e. The third-order valence-electron chi connectivity index (χ3n) is 13.6. The molecule has 17 nitrogen and oxygen atoms in total. The molecule has 0 bridgehead atoms. The molecule has 330 valence electrons. The van der Waals surface area contributed by atoms with Crippen LogP contribution in [0.15, 0.2) is 64.3 Å². The highest BCUT2D eigenvalue weighted by Crippen LogP contribution is 2.73. The molecule has 4 aliphatic carbocycles. The summed E-state index contributed by atoms with van der Waals surface area (Å²) in [5.74, 6) is -6.80. The number of rotatable bonds is 10. The molecule has 0 spiro atoms. The van der Waals surface area contributed by atoms with Crippen LogP contribution in [0.2, 0.25) is 0 Å². The number of nitrogens with one attached hydrogen (secondary N) is 1. The normalized spacial score (nSPS) is 35.9. The summed E-state index contributed by atoms with van der Waals surface area (Å²) in [5, 5.41) is 39.7. The van der Waals surface area contributed by atoms with Crippen LogP contribution in [0, 0.1) is 22.7 Å². The van der Waals surface area contributed by atoms with Crippen molar-refractivity contribution in [2.24, 2.45) is 22.7 Å². The summed E-state index contributed by atoms with van der Waals surface area (Å²) in [4.78, 5) is 82.4. The van der Waals surface area contributed by atoms with Gasteiger partial charge in [0.1, 0.15) is 53.5 Å². The predicted octanol–water partition coefficient (Wildman–Crippen LogP) is 3.42. The number of aliphatic hydroxyl groups is 3. The van der Waals surface area contributed by atoms with Crippen molar-refractivity contribution in [3.8, 4) is 0 Å². The molecule has 2 aromatic rings. The first-order valence-corrected chi connectivity index (χ1v) is 20.4. The van der Waals surface area contributed by atoms with Crippen molar-refractivity contribution < 1.29 is 76.9 Å². The molecular weight excluding hydrogens is 798 g/mol. The number of ketones is 1. The van der Waals surface area contributed by atoms with E-state index in [9.17, 15) is 39.3 Å². The monoisotopic (exact) mass is 851 g/mol. The number of amides is 1. The van der Waals surface area contributed by atoms with E-state index in [4.69, 9.17) is 32.8 Å². The molecule has 61 heavy (non-hydrogen) atoms. The van der Waals surface area contributed by atoms with Crippen molar-refractivity contribution >= 4 is 35.8 Å². The van der Waals surface area contributed by atoms with Gasteiger partial charge in [-0.05, 0) is 76.5 Å². The standard InChI is InChI=1S/C44H53NO16/c1-9-28(47)57-26-18-27-43(20-56-27,60-22(3)46)34-36(59-37(51)23-14-11-10-12-15-23)44(54)19-24-33(21(2)29(42(24,44)8)31(48)35(50)41(26,34)7)58-38(52)32(49)30(25-16-13-17-55-25)45-39(53)61-40(4,5)6/h10-17,24,26-27,30-34,36,48-49,54H,9,18-20H2,1-8H3,(H,45,53)/t24?,26-,27+,30-,31+,32+,33+,34?,36-,41+,42?,43-,44?/m0/s1. The molecule has 1 aliphatic heterocycles. The molecule has 5 aliphatic rings. The Bertz CT molecular complexity index is 2130. The molecule has 4 N–H and O–H groups in total. The Morgan fingerprint density at radius 2 is 1.70 bits per heavy atom. The highest BCUT2D eigenvalue weighted by Gasteiger charge is 2.83. The third-order valence-corrected chi connectivity index (χ3v) is 13.6. The maximum Gasteiger partial charge on any atom is 0.408 e. The lowest BCUT2D eigenvalue weighted by molar-refractivity contribution is -0.357. The summed E-state index contributed by atoms with van der Waals surface area (Å²) < 4.78 is 41.2. The van der Waals surface area contributed by atoms with E-state index in [1.807, 2.05) is 0 Å². The van der Waals surface area contributed by atoms with E-state index in [1.54, 1.807) is 52.8 Å². The molecule has 2 heterocycles. The van der Waals surface area contributed by atoms with Gasteiger partial charge in [-0.3, -0.25) is 14.4 Å². The summed E-state index contributed by atoms with van der Waals surface area (Å²) in [6.45, 7) is 11.9. The van der Waals surface area contributed by atoms with E-state index in [0.717, 1.165) is 0 Å². The van der Waals surface area contributed by atoms with E-state index in [0.29, 0.717) is 0 Å². The minimum atomic E-state index is -2.18. The van der Waals surface area contributed by atoms with Gasteiger partial charge in [-0.1, -0.05) is 32.0 Å². The number of hydrogen-bond acceptors (Lipinski definition) is 16. The van der Waals surface area contributed by atoms with Crippen molar-refractivity contribution in [2.45, 2.75) is 134 Å². The first-order valence-electron chi connectivity index (χ1n) is 20.4. The molecule has 1 amide bonds. The van der Waals surface area contributed by atoms with Gasteiger partial charge in [-0.25, -0.2) is 14.4 Å². The van der Waals surface area contributed by atoms with E-state index < -0.39 is 118 Å². The number of aliphatic hydroxyl groups excluding tert-OH is 2. The smallest absolute Gasteiger partial charge is 0.408 e. The zero-order valence-corrected chi connectivity index (χ0v) is 35.3. The average molecular weight is 852 g/mol. The van der Waals surface area contributed by atoms with Crippen LogP contribution < -0.4 is 5.32 Å². The summed E-state index contributed by atoms with van der Waals surface area (Å²) in [6, 6.07) is 9.35. The maximum absolute atomic E-state index is 15.4. The number of furan rings is 1. The number of Topliss-reactive ketones (excluding diaryl/α,β-unsaturated/α-hetero) is 1. The average Bonchev–Trinajstić information content (AvgIpc) is 3.79. The third kappa shape index (κ3) is 6.84. The predicted molar refractivity (Wildman–Crippen MR) is 208 cm³/mol. The molecule has 4 fully saturated rings. The number of carbonyl (C=O) groups excluding carboxylic acids is 6. The molecule has 3 saturated carbocycles. The van der Waals surface area contributed by atoms with E-state index >= 15 is 4.79 Å². The van der Waals surface area contributed by atoms with Crippen LogP contribution >= 0.6 is 0 Å².